The van der Waals surface area contributed by atoms with Gasteiger partial charge in [-0.1, -0.05) is 0 Å². The van der Waals surface area contributed by atoms with Crippen LogP contribution in [0.25, 0.3) is 11.3 Å². The fourth-order valence-electron chi connectivity index (χ4n) is 2.52. The normalized spacial score (nSPS) is 11.2. The zero-order chi connectivity index (χ0) is 19.6. The highest BCUT2D eigenvalue weighted by molar-refractivity contribution is 7.90. The molecule has 0 atom stereocenters. The first-order chi connectivity index (χ1) is 12.9. The lowest BCUT2D eigenvalue weighted by molar-refractivity contribution is 0.394. The fraction of sp³-hybridized carbons (Fsp3) is 0.167. The summed E-state index contributed by atoms with van der Waals surface area (Å²) in [5, 5.41) is 4.18. The summed E-state index contributed by atoms with van der Waals surface area (Å²) in [4.78, 5) is 0.0490. The van der Waals surface area contributed by atoms with Crippen LogP contribution in [0.4, 0.5) is 5.82 Å². The predicted octanol–water partition coefficient (Wildman–Crippen LogP) is 2.40. The van der Waals surface area contributed by atoms with Crippen molar-refractivity contribution in [3.8, 4) is 28.5 Å². The standard InChI is InChI=1S/C18H19N3O5S/c1-24-13-4-6-16(7-5-13)27(22,23)21-18(19)11-17(20-21)12-8-14(25-2)10-15(9-12)26-3/h4-11H,19H2,1-3H3. The number of ether oxygens (including phenoxy) is 3. The van der Waals surface area contributed by atoms with Gasteiger partial charge in [0, 0.05) is 17.7 Å². The molecular weight excluding hydrogens is 370 g/mol. The Morgan fingerprint density at radius 3 is 1.93 bits per heavy atom. The second kappa shape index (κ2) is 7.20. The maximum atomic E-state index is 12.9. The van der Waals surface area contributed by atoms with Crippen LogP contribution in [-0.2, 0) is 10.0 Å². The van der Waals surface area contributed by atoms with Crippen LogP contribution in [0.15, 0.2) is 53.4 Å². The van der Waals surface area contributed by atoms with E-state index in [1.807, 2.05) is 0 Å². The fourth-order valence-corrected chi connectivity index (χ4v) is 3.72. The van der Waals surface area contributed by atoms with Gasteiger partial charge in [-0.15, -0.1) is 4.09 Å². The molecule has 0 fully saturated rings. The van der Waals surface area contributed by atoms with Crippen LogP contribution in [0.5, 0.6) is 17.2 Å². The van der Waals surface area contributed by atoms with Crippen LogP contribution < -0.4 is 19.9 Å². The Morgan fingerprint density at radius 1 is 0.852 bits per heavy atom. The number of hydrogen-bond acceptors (Lipinski definition) is 7. The molecule has 0 aliphatic carbocycles. The van der Waals surface area contributed by atoms with E-state index < -0.39 is 10.0 Å². The van der Waals surface area contributed by atoms with Crippen molar-refractivity contribution in [3.63, 3.8) is 0 Å². The van der Waals surface area contributed by atoms with Crippen LogP contribution in [0, 0.1) is 0 Å². The van der Waals surface area contributed by atoms with Gasteiger partial charge in [-0.2, -0.15) is 13.5 Å². The number of hydrogen-bond donors (Lipinski definition) is 1. The SMILES string of the molecule is COc1ccc(S(=O)(=O)n2nc(-c3cc(OC)cc(OC)c3)cc2N)cc1. The van der Waals surface area contributed by atoms with Gasteiger partial charge in [-0.05, 0) is 36.4 Å². The number of nitrogens with two attached hydrogens (primary N) is 1. The number of rotatable bonds is 6. The van der Waals surface area contributed by atoms with Crippen molar-refractivity contribution >= 4 is 15.8 Å². The molecule has 0 spiro atoms. The molecule has 2 aromatic carbocycles. The van der Waals surface area contributed by atoms with Gasteiger partial charge in [0.1, 0.15) is 23.1 Å². The van der Waals surface area contributed by atoms with Gasteiger partial charge in [0.15, 0.2) is 0 Å². The highest BCUT2D eigenvalue weighted by atomic mass is 32.2. The summed E-state index contributed by atoms with van der Waals surface area (Å²) in [6, 6.07) is 12.6. The van der Waals surface area contributed by atoms with E-state index in [0.717, 1.165) is 4.09 Å². The minimum atomic E-state index is -3.95. The Kier molecular flexibility index (Phi) is 4.95. The van der Waals surface area contributed by atoms with E-state index in [9.17, 15) is 8.42 Å². The average Bonchev–Trinajstić information content (AvgIpc) is 3.10. The van der Waals surface area contributed by atoms with E-state index in [-0.39, 0.29) is 10.7 Å². The molecule has 1 aromatic heterocycles. The quantitative estimate of drug-likeness (QED) is 0.690. The van der Waals surface area contributed by atoms with Crippen molar-refractivity contribution < 1.29 is 22.6 Å². The first-order valence-corrected chi connectivity index (χ1v) is 9.31. The van der Waals surface area contributed by atoms with Crippen molar-refractivity contribution in [2.45, 2.75) is 4.90 Å². The van der Waals surface area contributed by atoms with Crippen LogP contribution in [0.1, 0.15) is 0 Å². The minimum absolute atomic E-state index is 0.0115. The number of nitrogens with zero attached hydrogens (tertiary/aromatic N) is 2. The van der Waals surface area contributed by atoms with Crippen LogP contribution in [0.2, 0.25) is 0 Å². The number of aromatic nitrogens is 2. The number of nitrogen functional groups attached to an aromatic ring is 1. The third-order valence-corrected chi connectivity index (χ3v) is 5.55. The van der Waals surface area contributed by atoms with Crippen molar-refractivity contribution in [1.29, 1.82) is 0 Å². The molecule has 2 N–H and O–H groups in total. The van der Waals surface area contributed by atoms with Gasteiger partial charge in [-0.25, -0.2) is 0 Å². The lowest BCUT2D eigenvalue weighted by Crippen LogP contribution is -2.16. The molecule has 9 heteroatoms. The minimum Gasteiger partial charge on any atom is -0.497 e. The van der Waals surface area contributed by atoms with Gasteiger partial charge in [0.2, 0.25) is 0 Å². The zero-order valence-corrected chi connectivity index (χ0v) is 15.9. The summed E-state index contributed by atoms with van der Waals surface area (Å²) in [5.74, 6) is 1.64. The molecule has 0 aliphatic rings. The van der Waals surface area contributed by atoms with Gasteiger partial charge >= 0.3 is 0 Å². The monoisotopic (exact) mass is 389 g/mol. The molecule has 0 amide bonds. The van der Waals surface area contributed by atoms with E-state index in [0.29, 0.717) is 28.5 Å². The number of methoxy groups -OCH3 is 3. The second-order valence-corrected chi connectivity index (χ2v) is 7.35. The Hall–Kier alpha value is -3.20. The topological polar surface area (TPSA) is 106 Å². The smallest absolute Gasteiger partial charge is 0.284 e. The number of benzene rings is 2. The van der Waals surface area contributed by atoms with E-state index in [2.05, 4.69) is 5.10 Å². The molecule has 0 unspecified atom stereocenters. The molecule has 1 heterocycles. The van der Waals surface area contributed by atoms with E-state index in [1.165, 1.54) is 39.5 Å². The zero-order valence-electron chi connectivity index (χ0n) is 15.0. The van der Waals surface area contributed by atoms with Crippen LogP contribution >= 0.6 is 0 Å². The molecule has 3 aromatic rings. The molecule has 142 valence electrons. The van der Waals surface area contributed by atoms with Crippen molar-refractivity contribution in [2.75, 3.05) is 27.1 Å². The molecule has 0 saturated heterocycles. The molecule has 0 aliphatic heterocycles. The second-order valence-electron chi connectivity index (χ2n) is 5.58. The summed E-state index contributed by atoms with van der Waals surface area (Å²) < 4.78 is 42.1. The Labute approximate surface area is 157 Å². The third-order valence-electron chi connectivity index (χ3n) is 3.94. The summed E-state index contributed by atoms with van der Waals surface area (Å²) in [6.45, 7) is 0. The van der Waals surface area contributed by atoms with Crippen molar-refractivity contribution in [3.05, 3.63) is 48.5 Å². The lowest BCUT2D eigenvalue weighted by atomic mass is 10.1. The molecule has 8 nitrogen and oxygen atoms in total. The maximum absolute atomic E-state index is 12.9. The molecule has 0 bridgehead atoms. The van der Waals surface area contributed by atoms with E-state index in [4.69, 9.17) is 19.9 Å². The highest BCUT2D eigenvalue weighted by Gasteiger charge is 2.22. The molecular formula is C18H19N3O5S. The molecule has 0 radical (unpaired) electrons. The van der Waals surface area contributed by atoms with Crippen LogP contribution in [-0.4, -0.2) is 38.9 Å². The first kappa shape index (κ1) is 18.6. The Balaban J connectivity index is 2.06. The summed E-state index contributed by atoms with van der Waals surface area (Å²) in [6.07, 6.45) is 0. The summed E-state index contributed by atoms with van der Waals surface area (Å²) in [7, 11) is 0.608. The molecule has 27 heavy (non-hydrogen) atoms. The lowest BCUT2D eigenvalue weighted by Gasteiger charge is -2.08. The molecule has 0 saturated carbocycles. The highest BCUT2D eigenvalue weighted by Crippen LogP contribution is 2.31. The van der Waals surface area contributed by atoms with E-state index >= 15 is 0 Å². The maximum Gasteiger partial charge on any atom is 0.284 e. The van der Waals surface area contributed by atoms with Gasteiger partial charge in [0.05, 0.1) is 31.9 Å². The van der Waals surface area contributed by atoms with Gasteiger partial charge in [-0.3, -0.25) is 0 Å². The molecule has 3 rings (SSSR count). The summed E-state index contributed by atoms with van der Waals surface area (Å²) in [5.41, 5.74) is 6.92. The summed E-state index contributed by atoms with van der Waals surface area (Å²) >= 11 is 0. The predicted molar refractivity (Wildman–Crippen MR) is 101 cm³/mol. The average molecular weight is 389 g/mol. The third kappa shape index (κ3) is 3.54. The van der Waals surface area contributed by atoms with E-state index in [1.54, 1.807) is 30.3 Å². The Morgan fingerprint density at radius 2 is 1.41 bits per heavy atom. The van der Waals surface area contributed by atoms with Crippen LogP contribution in [0.3, 0.4) is 0 Å². The Bertz CT molecular complexity index is 1040. The number of anilines is 1. The van der Waals surface area contributed by atoms with Gasteiger partial charge < -0.3 is 19.9 Å². The van der Waals surface area contributed by atoms with Crippen molar-refractivity contribution in [1.82, 2.24) is 9.19 Å². The largest absolute Gasteiger partial charge is 0.497 e. The first-order valence-electron chi connectivity index (χ1n) is 7.87. The van der Waals surface area contributed by atoms with Crippen molar-refractivity contribution in [2.24, 2.45) is 0 Å². The van der Waals surface area contributed by atoms with Gasteiger partial charge in [0.25, 0.3) is 10.0 Å².